The molecule has 0 aliphatic carbocycles. The fourth-order valence-electron chi connectivity index (χ4n) is 1.70. The molecule has 1 N–H and O–H groups in total. The molecule has 1 rings (SSSR count). The summed E-state index contributed by atoms with van der Waals surface area (Å²) in [7, 11) is 3.45. The molecule has 1 aromatic carbocycles. The first-order chi connectivity index (χ1) is 9.26. The van der Waals surface area contributed by atoms with Crippen LogP contribution < -0.4 is 5.32 Å². The lowest BCUT2D eigenvalue weighted by atomic mass is 10.3. The summed E-state index contributed by atoms with van der Waals surface area (Å²) >= 11 is 5.85. The summed E-state index contributed by atoms with van der Waals surface area (Å²) in [5.74, 6) is 0. The summed E-state index contributed by atoms with van der Waals surface area (Å²) in [6.07, 6.45) is 0. The number of hydrogen-bond acceptors (Lipinski definition) is 4. The Bertz CT molecular complexity index is 325. The Kier molecular flexibility index (Phi) is 8.58. The van der Waals surface area contributed by atoms with Crippen LogP contribution >= 0.6 is 11.6 Å². The van der Waals surface area contributed by atoms with E-state index in [0.29, 0.717) is 0 Å². The highest BCUT2D eigenvalue weighted by Crippen LogP contribution is 2.12. The summed E-state index contributed by atoms with van der Waals surface area (Å²) in [6, 6.07) is 7.74. The molecule has 4 nitrogen and oxygen atoms in total. The highest BCUT2D eigenvalue weighted by Gasteiger charge is 2.03. The maximum atomic E-state index is 5.85. The molecule has 0 aliphatic rings. The van der Waals surface area contributed by atoms with Crippen LogP contribution in [-0.4, -0.2) is 58.5 Å². The molecule has 108 valence electrons. The normalized spacial score (nSPS) is 10.9. The molecule has 0 atom stereocenters. The minimum absolute atomic E-state index is 0.741. The van der Waals surface area contributed by atoms with Crippen LogP contribution in [0.3, 0.4) is 0 Å². The monoisotopic (exact) mass is 286 g/mol. The molecule has 0 amide bonds. The Balaban J connectivity index is 2.27. The SMILES string of the molecule is COCCN(CCNc1ccc(Cl)cc1)CCOC. The zero-order valence-electron chi connectivity index (χ0n) is 11.7. The van der Waals surface area contributed by atoms with Gasteiger partial charge in [-0.2, -0.15) is 0 Å². The molecule has 0 radical (unpaired) electrons. The molecule has 0 fully saturated rings. The Labute approximate surface area is 120 Å². The number of anilines is 1. The summed E-state index contributed by atoms with van der Waals surface area (Å²) in [4.78, 5) is 2.32. The lowest BCUT2D eigenvalue weighted by Gasteiger charge is -2.21. The predicted octanol–water partition coefficient (Wildman–Crippen LogP) is 2.35. The maximum absolute atomic E-state index is 5.85. The predicted molar refractivity (Wildman–Crippen MR) is 80.1 cm³/mol. The quantitative estimate of drug-likeness (QED) is 0.716. The molecule has 0 saturated carbocycles. The van der Waals surface area contributed by atoms with Crippen molar-refractivity contribution in [2.24, 2.45) is 0 Å². The first-order valence-electron chi connectivity index (χ1n) is 6.46. The van der Waals surface area contributed by atoms with Crippen LogP contribution in [-0.2, 0) is 9.47 Å². The summed E-state index contributed by atoms with van der Waals surface area (Å²) in [5, 5.41) is 4.13. The third-order valence-electron chi connectivity index (χ3n) is 2.82. The molecular weight excluding hydrogens is 264 g/mol. The number of nitrogens with one attached hydrogen (secondary N) is 1. The summed E-state index contributed by atoms with van der Waals surface area (Å²) in [5.41, 5.74) is 1.09. The number of ether oxygens (including phenoxy) is 2. The third-order valence-corrected chi connectivity index (χ3v) is 3.08. The van der Waals surface area contributed by atoms with Gasteiger partial charge in [0.2, 0.25) is 0 Å². The number of methoxy groups -OCH3 is 2. The van der Waals surface area contributed by atoms with Crippen molar-refractivity contribution in [1.29, 1.82) is 0 Å². The van der Waals surface area contributed by atoms with Gasteiger partial charge in [-0.15, -0.1) is 0 Å². The van der Waals surface area contributed by atoms with Crippen LogP contribution in [0.2, 0.25) is 5.02 Å². The average molecular weight is 287 g/mol. The maximum Gasteiger partial charge on any atom is 0.0589 e. The van der Waals surface area contributed by atoms with Crippen molar-refractivity contribution in [3.8, 4) is 0 Å². The first-order valence-corrected chi connectivity index (χ1v) is 6.83. The molecule has 1 aromatic rings. The van der Waals surface area contributed by atoms with E-state index in [2.05, 4.69) is 10.2 Å². The van der Waals surface area contributed by atoms with Gasteiger partial charge in [-0.3, -0.25) is 4.90 Å². The van der Waals surface area contributed by atoms with Gasteiger partial charge in [0, 0.05) is 51.1 Å². The van der Waals surface area contributed by atoms with Gasteiger partial charge in [0.15, 0.2) is 0 Å². The van der Waals surface area contributed by atoms with Crippen LogP contribution in [0.1, 0.15) is 0 Å². The highest BCUT2D eigenvalue weighted by atomic mass is 35.5. The van der Waals surface area contributed by atoms with E-state index >= 15 is 0 Å². The van der Waals surface area contributed by atoms with Gasteiger partial charge in [0.05, 0.1) is 13.2 Å². The lowest BCUT2D eigenvalue weighted by Crippen LogP contribution is -2.34. The van der Waals surface area contributed by atoms with E-state index < -0.39 is 0 Å². The fourth-order valence-corrected chi connectivity index (χ4v) is 1.83. The number of benzene rings is 1. The number of hydrogen-bond donors (Lipinski definition) is 1. The second kappa shape index (κ2) is 10.0. The molecule has 0 bridgehead atoms. The number of halogens is 1. The lowest BCUT2D eigenvalue weighted by molar-refractivity contribution is 0.116. The first kappa shape index (κ1) is 16.2. The molecule has 0 saturated heterocycles. The average Bonchev–Trinajstić information content (AvgIpc) is 2.43. The second-order valence-corrected chi connectivity index (χ2v) is 4.70. The van der Waals surface area contributed by atoms with Crippen molar-refractivity contribution in [1.82, 2.24) is 4.90 Å². The van der Waals surface area contributed by atoms with Gasteiger partial charge in [-0.1, -0.05) is 11.6 Å². The van der Waals surface area contributed by atoms with E-state index in [-0.39, 0.29) is 0 Å². The van der Waals surface area contributed by atoms with Gasteiger partial charge in [-0.25, -0.2) is 0 Å². The Morgan fingerprint density at radius 3 is 2.11 bits per heavy atom. The fraction of sp³-hybridized carbons (Fsp3) is 0.571. The molecule has 19 heavy (non-hydrogen) atoms. The standard InChI is InChI=1S/C14H23ClN2O2/c1-18-11-9-17(10-12-19-2)8-7-16-14-5-3-13(15)4-6-14/h3-6,16H,7-12H2,1-2H3. The van der Waals surface area contributed by atoms with Crippen molar-refractivity contribution in [3.05, 3.63) is 29.3 Å². The van der Waals surface area contributed by atoms with Gasteiger partial charge >= 0.3 is 0 Å². The zero-order valence-corrected chi connectivity index (χ0v) is 12.4. The molecule has 0 spiro atoms. The Morgan fingerprint density at radius 1 is 1.00 bits per heavy atom. The van der Waals surface area contributed by atoms with Crippen LogP contribution in [0.5, 0.6) is 0 Å². The minimum atomic E-state index is 0.741. The molecule has 0 aliphatic heterocycles. The van der Waals surface area contributed by atoms with Crippen LogP contribution in [0.25, 0.3) is 0 Å². The topological polar surface area (TPSA) is 33.7 Å². The van der Waals surface area contributed by atoms with Gasteiger partial charge in [0.25, 0.3) is 0 Å². The molecular formula is C14H23ClN2O2. The second-order valence-electron chi connectivity index (χ2n) is 4.26. The Morgan fingerprint density at radius 2 is 1.58 bits per heavy atom. The minimum Gasteiger partial charge on any atom is -0.384 e. The van der Waals surface area contributed by atoms with E-state index in [1.165, 1.54) is 0 Å². The van der Waals surface area contributed by atoms with Gasteiger partial charge in [0.1, 0.15) is 0 Å². The van der Waals surface area contributed by atoms with Gasteiger partial charge < -0.3 is 14.8 Å². The summed E-state index contributed by atoms with van der Waals surface area (Å²) in [6.45, 7) is 5.16. The number of rotatable bonds is 10. The van der Waals surface area contributed by atoms with E-state index in [1.54, 1.807) is 14.2 Å². The van der Waals surface area contributed by atoms with E-state index in [1.807, 2.05) is 24.3 Å². The van der Waals surface area contributed by atoms with E-state index in [9.17, 15) is 0 Å². The largest absolute Gasteiger partial charge is 0.384 e. The van der Waals surface area contributed by atoms with E-state index in [4.69, 9.17) is 21.1 Å². The van der Waals surface area contributed by atoms with Gasteiger partial charge in [-0.05, 0) is 24.3 Å². The third kappa shape index (κ3) is 7.38. The van der Waals surface area contributed by atoms with Crippen LogP contribution in [0.15, 0.2) is 24.3 Å². The van der Waals surface area contributed by atoms with Crippen molar-refractivity contribution < 1.29 is 9.47 Å². The van der Waals surface area contributed by atoms with Crippen molar-refractivity contribution in [2.45, 2.75) is 0 Å². The van der Waals surface area contributed by atoms with Crippen LogP contribution in [0.4, 0.5) is 5.69 Å². The Hall–Kier alpha value is -0.810. The van der Waals surface area contributed by atoms with Crippen LogP contribution in [0, 0.1) is 0 Å². The smallest absolute Gasteiger partial charge is 0.0589 e. The van der Waals surface area contributed by atoms with Crippen molar-refractivity contribution in [3.63, 3.8) is 0 Å². The van der Waals surface area contributed by atoms with E-state index in [0.717, 1.165) is 50.1 Å². The molecule has 0 aromatic heterocycles. The molecule has 0 unspecified atom stereocenters. The van der Waals surface area contributed by atoms with Crippen molar-refractivity contribution >= 4 is 17.3 Å². The summed E-state index contributed by atoms with van der Waals surface area (Å²) < 4.78 is 10.2. The highest BCUT2D eigenvalue weighted by molar-refractivity contribution is 6.30. The van der Waals surface area contributed by atoms with Crippen molar-refractivity contribution in [2.75, 3.05) is 58.9 Å². The molecule has 5 heteroatoms. The number of nitrogens with zero attached hydrogens (tertiary/aromatic N) is 1. The zero-order chi connectivity index (χ0) is 13.9. The molecule has 0 heterocycles.